The van der Waals surface area contributed by atoms with Gasteiger partial charge >= 0.3 is 6.21 Å². The van der Waals surface area contributed by atoms with Crippen LogP contribution in [0.4, 0.5) is 0 Å². The molecule has 26 heavy (non-hydrogen) atoms. The molecule has 1 saturated heterocycles. The first-order valence-corrected chi connectivity index (χ1v) is 11.7. The fourth-order valence-corrected chi connectivity index (χ4v) is 3.70. The third-order valence-electron chi connectivity index (χ3n) is 5.19. The van der Waals surface area contributed by atoms with E-state index >= 15 is 0 Å². The van der Waals surface area contributed by atoms with Crippen molar-refractivity contribution in [3.8, 4) is 0 Å². The highest BCUT2D eigenvalue weighted by Gasteiger charge is 2.61. The summed E-state index contributed by atoms with van der Waals surface area (Å²) in [5.41, 5.74) is 8.66. The minimum absolute atomic E-state index is 0.0190. The van der Waals surface area contributed by atoms with E-state index in [1.54, 1.807) is 0 Å². The molecule has 0 saturated carbocycles. The highest BCUT2D eigenvalue weighted by atomic mass is 28.4. The molecule has 0 aliphatic carbocycles. The van der Waals surface area contributed by atoms with Gasteiger partial charge in [0.05, 0.1) is 19.8 Å². The Kier molecular flexibility index (Phi) is 6.32. The smallest absolute Gasteiger partial charge is 0.326 e. The van der Waals surface area contributed by atoms with Crippen LogP contribution in [0.25, 0.3) is 5.53 Å². The molecule has 0 unspecified atom stereocenters. The van der Waals surface area contributed by atoms with Crippen LogP contribution >= 0.6 is 0 Å². The number of nitrogens with zero attached hydrogens (tertiary/aromatic N) is 2. The minimum Gasteiger partial charge on any atom is -0.408 e. The zero-order chi connectivity index (χ0) is 19.4. The van der Waals surface area contributed by atoms with Crippen LogP contribution < -0.4 is 0 Å². The lowest BCUT2D eigenvalue weighted by Gasteiger charge is -2.40. The van der Waals surface area contributed by atoms with Crippen molar-refractivity contribution in [2.45, 2.75) is 57.2 Å². The van der Waals surface area contributed by atoms with E-state index in [0.717, 1.165) is 11.8 Å². The highest BCUT2D eigenvalue weighted by molar-refractivity contribution is 6.74. The van der Waals surface area contributed by atoms with Crippen molar-refractivity contribution in [2.24, 2.45) is 0 Å². The quantitative estimate of drug-likeness (QED) is 0.218. The second-order valence-corrected chi connectivity index (χ2v) is 12.9. The number of carbonyl (C=O) groups excluding carboxylic acids is 1. The normalized spacial score (nSPS) is 21.0. The molecule has 1 aromatic rings. The summed E-state index contributed by atoms with van der Waals surface area (Å²) in [7, 11) is -2.16. The molecule has 142 valence electrons. The summed E-state index contributed by atoms with van der Waals surface area (Å²) < 4.78 is 17.8. The Balaban J connectivity index is 2.14. The molecular formula is C19H28N2O4Si. The Morgan fingerprint density at radius 3 is 2.50 bits per heavy atom. The zero-order valence-electron chi connectivity index (χ0n) is 16.2. The van der Waals surface area contributed by atoms with Crippen LogP contribution in [0.5, 0.6) is 0 Å². The average molecular weight is 377 g/mol. The summed E-state index contributed by atoms with van der Waals surface area (Å²) in [5.74, 6) is -0.396. The molecule has 1 aliphatic heterocycles. The molecule has 0 N–H and O–H groups in total. The van der Waals surface area contributed by atoms with E-state index in [-0.39, 0.29) is 18.3 Å². The molecular weight excluding hydrogens is 348 g/mol. The van der Waals surface area contributed by atoms with E-state index in [1.807, 2.05) is 30.3 Å². The Labute approximate surface area is 156 Å². The number of rotatable bonds is 9. The van der Waals surface area contributed by atoms with Crippen molar-refractivity contribution in [3.63, 3.8) is 0 Å². The van der Waals surface area contributed by atoms with Crippen molar-refractivity contribution in [1.82, 2.24) is 0 Å². The van der Waals surface area contributed by atoms with Crippen LogP contribution in [0.3, 0.4) is 0 Å². The zero-order valence-corrected chi connectivity index (χ0v) is 17.2. The summed E-state index contributed by atoms with van der Waals surface area (Å²) in [6, 6.07) is 9.82. The van der Waals surface area contributed by atoms with E-state index in [9.17, 15) is 4.79 Å². The van der Waals surface area contributed by atoms with Crippen LogP contribution in [0.1, 0.15) is 26.3 Å². The molecule has 0 aromatic heterocycles. The van der Waals surface area contributed by atoms with Gasteiger partial charge in [0, 0.05) is 0 Å². The topological polar surface area (TPSA) is 84.5 Å². The summed E-state index contributed by atoms with van der Waals surface area (Å²) in [6.07, 6.45) is 0.337. The molecule has 7 heteroatoms. The van der Waals surface area contributed by atoms with Crippen molar-refractivity contribution in [1.29, 1.82) is 0 Å². The maximum Gasteiger partial charge on any atom is 0.326 e. The number of epoxide rings is 1. The molecule has 2 rings (SSSR count). The summed E-state index contributed by atoms with van der Waals surface area (Å²) >= 11 is 0. The molecule has 0 bridgehead atoms. The van der Waals surface area contributed by atoms with Gasteiger partial charge in [-0.05, 0) is 23.7 Å². The largest absolute Gasteiger partial charge is 0.408 e. The lowest BCUT2D eigenvalue weighted by molar-refractivity contribution is -0.126. The number of Topliss-reactive ketones (excluding diaryl/α,β-unsaturated/α-hetero) is 1. The third kappa shape index (κ3) is 4.75. The Morgan fingerprint density at radius 1 is 1.38 bits per heavy atom. The first-order valence-electron chi connectivity index (χ1n) is 8.78. The molecule has 1 heterocycles. The Morgan fingerprint density at radius 2 is 2.00 bits per heavy atom. The number of ketones is 1. The van der Waals surface area contributed by atoms with Crippen molar-refractivity contribution >= 4 is 20.3 Å². The van der Waals surface area contributed by atoms with E-state index in [0.29, 0.717) is 6.61 Å². The van der Waals surface area contributed by atoms with Gasteiger partial charge in [-0.25, -0.2) is 0 Å². The van der Waals surface area contributed by atoms with Crippen molar-refractivity contribution < 1.29 is 23.5 Å². The summed E-state index contributed by atoms with van der Waals surface area (Å²) in [6.45, 7) is 11.6. The maximum atomic E-state index is 12.4. The molecule has 6 nitrogen and oxygen atoms in total. The lowest BCUT2D eigenvalue weighted by Crippen LogP contribution is -2.52. The SMILES string of the molecule is CC(C)(C)[Si](C)(C)O[C@H](COCc1ccccc1)[C@@]1(C(=O)C=[N+]=[N-])CO1. The summed E-state index contributed by atoms with van der Waals surface area (Å²) in [4.78, 5) is 15.2. The Hall–Kier alpha value is -1.63. The van der Waals surface area contributed by atoms with Gasteiger partial charge in [-0.2, -0.15) is 4.79 Å². The average Bonchev–Trinajstić information content (AvgIpc) is 3.36. The fraction of sp³-hybridized carbons (Fsp3) is 0.579. The Bertz CT molecular complexity index is 675. The molecule has 0 amide bonds. The maximum absolute atomic E-state index is 12.4. The van der Waals surface area contributed by atoms with Crippen molar-refractivity contribution in [2.75, 3.05) is 13.2 Å². The molecule has 1 aromatic carbocycles. The van der Waals surface area contributed by atoms with Gasteiger partial charge in [-0.15, -0.1) is 0 Å². The molecule has 1 aliphatic rings. The van der Waals surface area contributed by atoms with E-state index in [4.69, 9.17) is 19.4 Å². The van der Waals surface area contributed by atoms with Gasteiger partial charge in [0.1, 0.15) is 6.10 Å². The number of hydrogen-bond acceptors (Lipinski definition) is 4. The summed E-state index contributed by atoms with van der Waals surface area (Å²) in [5, 5.41) is -0.0190. The monoisotopic (exact) mass is 376 g/mol. The number of carbonyl (C=O) groups is 1. The van der Waals surface area contributed by atoms with Gasteiger partial charge in [0.2, 0.25) is 0 Å². The molecule has 0 spiro atoms. The van der Waals surface area contributed by atoms with Gasteiger partial charge in [0.15, 0.2) is 13.9 Å². The molecule has 2 atom stereocenters. The molecule has 1 fully saturated rings. The van der Waals surface area contributed by atoms with E-state index in [1.165, 1.54) is 0 Å². The van der Waals surface area contributed by atoms with Crippen LogP contribution in [-0.4, -0.2) is 50.0 Å². The molecule has 0 radical (unpaired) electrons. The minimum atomic E-state index is -2.16. The first-order chi connectivity index (χ1) is 12.1. The van der Waals surface area contributed by atoms with Gasteiger partial charge in [0.25, 0.3) is 5.78 Å². The van der Waals surface area contributed by atoms with Crippen LogP contribution in [0, 0.1) is 0 Å². The predicted molar refractivity (Wildman–Crippen MR) is 102 cm³/mol. The van der Waals surface area contributed by atoms with Crippen LogP contribution in [-0.2, 0) is 25.3 Å². The second kappa shape index (κ2) is 7.94. The van der Waals surface area contributed by atoms with Crippen LogP contribution in [0.2, 0.25) is 18.1 Å². The fourth-order valence-electron chi connectivity index (χ4n) is 2.38. The van der Waals surface area contributed by atoms with E-state index < -0.39 is 25.8 Å². The first kappa shape index (κ1) is 20.7. The lowest BCUT2D eigenvalue weighted by atomic mass is 9.99. The van der Waals surface area contributed by atoms with Gasteiger partial charge in [-0.1, -0.05) is 51.1 Å². The highest BCUT2D eigenvalue weighted by Crippen LogP contribution is 2.42. The second-order valence-electron chi connectivity index (χ2n) is 8.15. The standard InChI is InChI=1S/C19H28N2O4Si/c1-18(2,3)26(4,5)25-17(19(14-24-19)16(22)11-21-20)13-23-12-15-9-7-6-8-10-15/h6-11,17H,12-14H2,1-5H3/t17-,19+/m1/s1. The third-order valence-corrected chi connectivity index (χ3v) is 9.68. The van der Waals surface area contributed by atoms with E-state index in [2.05, 4.69) is 38.7 Å². The van der Waals surface area contributed by atoms with Crippen LogP contribution in [0.15, 0.2) is 30.3 Å². The van der Waals surface area contributed by atoms with Gasteiger partial charge in [-0.3, -0.25) is 4.79 Å². The number of benzene rings is 1. The van der Waals surface area contributed by atoms with Crippen molar-refractivity contribution in [3.05, 3.63) is 41.4 Å². The number of hydrogen-bond donors (Lipinski definition) is 0. The predicted octanol–water partition coefficient (Wildman–Crippen LogP) is 3.23. The number of ether oxygens (including phenoxy) is 2. The van der Waals surface area contributed by atoms with Gasteiger partial charge < -0.3 is 19.4 Å².